The largest absolute Gasteiger partial charge is 0.207 e. The van der Waals surface area contributed by atoms with E-state index in [2.05, 4.69) is 0 Å². The summed E-state index contributed by atoms with van der Waals surface area (Å²) in [5.74, 6) is -0.0730. The first-order valence-electron chi connectivity index (χ1n) is 3.57. The van der Waals surface area contributed by atoms with Gasteiger partial charge in [-0.15, -0.1) is 0 Å². The predicted molar refractivity (Wildman–Crippen MR) is 45.5 cm³/mol. The van der Waals surface area contributed by atoms with Gasteiger partial charge in [-0.1, -0.05) is 31.5 Å². The average molecular weight is 173 g/mol. The highest BCUT2D eigenvalue weighted by molar-refractivity contribution is 6.31. The van der Waals surface area contributed by atoms with Gasteiger partial charge < -0.3 is 0 Å². The van der Waals surface area contributed by atoms with E-state index >= 15 is 0 Å². The van der Waals surface area contributed by atoms with Crippen LogP contribution in [0.4, 0.5) is 4.39 Å². The molecule has 0 fully saturated rings. The lowest BCUT2D eigenvalue weighted by atomic mass is 10.0. The van der Waals surface area contributed by atoms with Gasteiger partial charge in [0.05, 0.1) is 0 Å². The third-order valence-corrected chi connectivity index (χ3v) is 1.91. The molecule has 0 saturated heterocycles. The second-order valence-electron chi connectivity index (χ2n) is 2.79. The molecule has 0 saturated carbocycles. The molecule has 0 nitrogen and oxygen atoms in total. The molecule has 0 aliphatic rings. The van der Waals surface area contributed by atoms with Gasteiger partial charge in [-0.25, -0.2) is 4.39 Å². The van der Waals surface area contributed by atoms with E-state index in [-0.39, 0.29) is 11.7 Å². The van der Waals surface area contributed by atoms with E-state index in [0.29, 0.717) is 10.6 Å². The van der Waals surface area contributed by atoms with Crippen LogP contribution in [0.25, 0.3) is 0 Å². The van der Waals surface area contributed by atoms with E-state index in [1.807, 2.05) is 13.8 Å². The minimum absolute atomic E-state index is 0.142. The van der Waals surface area contributed by atoms with Crippen molar-refractivity contribution in [1.82, 2.24) is 0 Å². The maximum absolute atomic E-state index is 13.0. The average Bonchev–Trinajstić information content (AvgIpc) is 1.85. The normalized spacial score (nSPS) is 10.6. The molecular weight excluding hydrogens is 163 g/mol. The second kappa shape index (κ2) is 3.22. The molecule has 0 radical (unpaired) electrons. The maximum atomic E-state index is 13.0. The molecule has 0 aliphatic carbocycles. The number of hydrogen-bond acceptors (Lipinski definition) is 0. The van der Waals surface area contributed by atoms with Gasteiger partial charge >= 0.3 is 0 Å². The lowest BCUT2D eigenvalue weighted by molar-refractivity contribution is 0.598. The van der Waals surface area contributed by atoms with Gasteiger partial charge in [-0.05, 0) is 18.1 Å². The summed E-state index contributed by atoms with van der Waals surface area (Å²) < 4.78 is 13.0. The van der Waals surface area contributed by atoms with Crippen molar-refractivity contribution in [2.24, 2.45) is 0 Å². The van der Waals surface area contributed by atoms with Gasteiger partial charge in [0.2, 0.25) is 0 Å². The Labute approximate surface area is 71.0 Å². The zero-order valence-electron chi connectivity index (χ0n) is 6.57. The summed E-state index contributed by atoms with van der Waals surface area (Å²) in [6.07, 6.45) is 0. The van der Waals surface area contributed by atoms with Crippen molar-refractivity contribution in [3.05, 3.63) is 34.6 Å². The first kappa shape index (κ1) is 8.54. The molecule has 1 rings (SSSR count). The van der Waals surface area contributed by atoms with Crippen molar-refractivity contribution < 1.29 is 4.39 Å². The number of rotatable bonds is 1. The van der Waals surface area contributed by atoms with Crippen LogP contribution in [0.5, 0.6) is 0 Å². The molecule has 0 unspecified atom stereocenters. The molecule has 0 amide bonds. The van der Waals surface area contributed by atoms with Gasteiger partial charge in [-0.3, -0.25) is 0 Å². The molecular formula is C9H10ClF. The van der Waals surface area contributed by atoms with Crippen LogP contribution < -0.4 is 0 Å². The van der Waals surface area contributed by atoms with Crippen LogP contribution in [0.2, 0.25) is 5.02 Å². The Balaban J connectivity index is 3.21. The molecule has 0 atom stereocenters. The summed E-state index contributed by atoms with van der Waals surface area (Å²) in [6, 6.07) is 4.75. The highest BCUT2D eigenvalue weighted by Crippen LogP contribution is 2.26. The molecule has 1 aromatic rings. The number of benzene rings is 1. The Morgan fingerprint density at radius 2 is 2.00 bits per heavy atom. The van der Waals surface area contributed by atoms with Crippen molar-refractivity contribution in [2.75, 3.05) is 0 Å². The fourth-order valence-corrected chi connectivity index (χ4v) is 1.44. The van der Waals surface area contributed by atoms with Crippen LogP contribution in [-0.2, 0) is 0 Å². The topological polar surface area (TPSA) is 0 Å². The highest BCUT2D eigenvalue weighted by Gasteiger charge is 2.09. The van der Waals surface area contributed by atoms with Gasteiger partial charge in [0, 0.05) is 10.6 Å². The Morgan fingerprint density at radius 1 is 1.36 bits per heavy atom. The first-order valence-corrected chi connectivity index (χ1v) is 3.94. The molecule has 0 heterocycles. The zero-order valence-corrected chi connectivity index (χ0v) is 7.32. The number of halogens is 2. The van der Waals surface area contributed by atoms with Crippen LogP contribution in [0, 0.1) is 5.82 Å². The molecule has 0 spiro atoms. The quantitative estimate of drug-likeness (QED) is 0.607. The third kappa shape index (κ3) is 1.72. The molecule has 0 bridgehead atoms. The van der Waals surface area contributed by atoms with Crippen molar-refractivity contribution >= 4 is 11.6 Å². The number of hydrogen-bond donors (Lipinski definition) is 0. The maximum Gasteiger partial charge on any atom is 0.128 e. The Kier molecular flexibility index (Phi) is 2.50. The van der Waals surface area contributed by atoms with E-state index in [4.69, 9.17) is 11.6 Å². The second-order valence-corrected chi connectivity index (χ2v) is 3.20. The van der Waals surface area contributed by atoms with Crippen LogP contribution in [0.3, 0.4) is 0 Å². The zero-order chi connectivity index (χ0) is 8.43. The van der Waals surface area contributed by atoms with Crippen LogP contribution in [0.1, 0.15) is 25.3 Å². The molecule has 1 aromatic carbocycles. The van der Waals surface area contributed by atoms with E-state index in [1.165, 1.54) is 6.07 Å². The lowest BCUT2D eigenvalue weighted by Crippen LogP contribution is -1.93. The summed E-state index contributed by atoms with van der Waals surface area (Å²) in [6.45, 7) is 3.84. The van der Waals surface area contributed by atoms with Gasteiger partial charge in [-0.2, -0.15) is 0 Å². The SMILES string of the molecule is CC(C)c1c(F)cccc1Cl. The van der Waals surface area contributed by atoms with Crippen LogP contribution in [-0.4, -0.2) is 0 Å². The first-order chi connectivity index (χ1) is 5.13. The summed E-state index contributed by atoms with van der Waals surface area (Å²) in [7, 11) is 0. The van der Waals surface area contributed by atoms with E-state index in [9.17, 15) is 4.39 Å². The van der Waals surface area contributed by atoms with Crippen LogP contribution >= 0.6 is 11.6 Å². The Hall–Kier alpha value is -0.560. The lowest BCUT2D eigenvalue weighted by Gasteiger charge is -2.07. The van der Waals surface area contributed by atoms with E-state index < -0.39 is 0 Å². The molecule has 11 heavy (non-hydrogen) atoms. The minimum Gasteiger partial charge on any atom is -0.207 e. The predicted octanol–water partition coefficient (Wildman–Crippen LogP) is 3.60. The standard InChI is InChI=1S/C9H10ClF/c1-6(2)9-7(10)4-3-5-8(9)11/h3-6H,1-2H3. The summed E-state index contributed by atoms with van der Waals surface area (Å²) >= 11 is 5.78. The molecule has 0 aromatic heterocycles. The fraction of sp³-hybridized carbons (Fsp3) is 0.333. The summed E-state index contributed by atoms with van der Waals surface area (Å²) in [4.78, 5) is 0. The molecule has 0 N–H and O–H groups in total. The monoisotopic (exact) mass is 172 g/mol. The smallest absolute Gasteiger partial charge is 0.128 e. The van der Waals surface area contributed by atoms with Crippen LogP contribution in [0.15, 0.2) is 18.2 Å². The Morgan fingerprint density at radius 3 is 2.36 bits per heavy atom. The van der Waals surface area contributed by atoms with E-state index in [0.717, 1.165) is 0 Å². The molecule has 60 valence electrons. The van der Waals surface area contributed by atoms with Crippen molar-refractivity contribution in [1.29, 1.82) is 0 Å². The third-order valence-electron chi connectivity index (χ3n) is 1.58. The summed E-state index contributed by atoms with van der Waals surface area (Å²) in [5, 5.41) is 0.514. The van der Waals surface area contributed by atoms with E-state index in [1.54, 1.807) is 12.1 Å². The Bertz CT molecular complexity index is 235. The highest BCUT2D eigenvalue weighted by atomic mass is 35.5. The molecule has 2 heteroatoms. The van der Waals surface area contributed by atoms with Gasteiger partial charge in [0.15, 0.2) is 0 Å². The van der Waals surface area contributed by atoms with Crippen molar-refractivity contribution in [2.45, 2.75) is 19.8 Å². The van der Waals surface area contributed by atoms with Crippen molar-refractivity contribution in [3.8, 4) is 0 Å². The van der Waals surface area contributed by atoms with Gasteiger partial charge in [0.1, 0.15) is 5.82 Å². The van der Waals surface area contributed by atoms with Crippen molar-refractivity contribution in [3.63, 3.8) is 0 Å². The van der Waals surface area contributed by atoms with Gasteiger partial charge in [0.25, 0.3) is 0 Å². The minimum atomic E-state index is -0.215. The summed E-state index contributed by atoms with van der Waals surface area (Å²) in [5.41, 5.74) is 0.606. The molecule has 0 aliphatic heterocycles. The fourth-order valence-electron chi connectivity index (χ4n) is 1.06.